The molecule has 20 heavy (non-hydrogen) atoms. The van der Waals surface area contributed by atoms with Crippen LogP contribution in [0, 0.1) is 6.92 Å². The number of aryl methyl sites for hydroxylation is 1. The third kappa shape index (κ3) is 1.54. The lowest BCUT2D eigenvalue weighted by molar-refractivity contribution is 0.0976. The molecule has 0 radical (unpaired) electrons. The number of benzene rings is 2. The highest BCUT2D eigenvalue weighted by molar-refractivity contribution is 6.29. The van der Waals surface area contributed by atoms with Gasteiger partial charge in [-0.3, -0.25) is 9.59 Å². The van der Waals surface area contributed by atoms with Crippen molar-refractivity contribution in [1.82, 2.24) is 0 Å². The Kier molecular flexibility index (Phi) is 2.61. The summed E-state index contributed by atoms with van der Waals surface area (Å²) in [7, 11) is 1.40. The second-order valence-corrected chi connectivity index (χ2v) is 4.75. The molecule has 0 heterocycles. The molecule has 0 saturated heterocycles. The highest BCUT2D eigenvalue weighted by Gasteiger charge is 2.33. The zero-order chi connectivity index (χ0) is 14.4. The molecule has 0 aromatic heterocycles. The number of carbonyl (C=O) groups is 2. The Hall–Kier alpha value is -2.62. The number of hydrogen-bond acceptors (Lipinski definition) is 4. The number of methoxy groups -OCH3 is 1. The van der Waals surface area contributed by atoms with Gasteiger partial charge in [0.05, 0.1) is 12.7 Å². The first-order valence-corrected chi connectivity index (χ1v) is 6.14. The van der Waals surface area contributed by atoms with Crippen molar-refractivity contribution in [2.75, 3.05) is 7.11 Å². The molecule has 2 aromatic rings. The van der Waals surface area contributed by atoms with Gasteiger partial charge in [-0.1, -0.05) is 17.7 Å². The largest absolute Gasteiger partial charge is 0.504 e. The lowest BCUT2D eigenvalue weighted by Crippen LogP contribution is -2.21. The lowest BCUT2D eigenvalue weighted by Gasteiger charge is -2.19. The normalized spacial score (nSPS) is 12.9. The Morgan fingerprint density at radius 3 is 2.35 bits per heavy atom. The Bertz CT molecular complexity index is 759. The molecular formula is C16H12O4. The summed E-state index contributed by atoms with van der Waals surface area (Å²) in [6, 6.07) is 8.08. The molecule has 0 aliphatic heterocycles. The molecule has 1 aliphatic carbocycles. The Morgan fingerprint density at radius 1 is 0.950 bits per heavy atom. The second-order valence-electron chi connectivity index (χ2n) is 4.75. The van der Waals surface area contributed by atoms with E-state index in [4.69, 9.17) is 4.74 Å². The lowest BCUT2D eigenvalue weighted by atomic mass is 9.83. The van der Waals surface area contributed by atoms with E-state index < -0.39 is 0 Å². The van der Waals surface area contributed by atoms with Crippen LogP contribution >= 0.6 is 0 Å². The summed E-state index contributed by atoms with van der Waals surface area (Å²) in [6.45, 7) is 1.86. The number of phenolic OH excluding ortho intramolecular Hbond substituents is 1. The van der Waals surface area contributed by atoms with Crippen molar-refractivity contribution < 1.29 is 19.4 Å². The maximum Gasteiger partial charge on any atom is 0.198 e. The molecule has 3 rings (SSSR count). The van der Waals surface area contributed by atoms with Crippen LogP contribution in [0.3, 0.4) is 0 Å². The van der Waals surface area contributed by atoms with E-state index in [0.29, 0.717) is 11.1 Å². The summed E-state index contributed by atoms with van der Waals surface area (Å²) in [4.78, 5) is 24.9. The van der Waals surface area contributed by atoms with E-state index in [1.807, 2.05) is 6.92 Å². The monoisotopic (exact) mass is 268 g/mol. The first kappa shape index (κ1) is 12.4. The zero-order valence-corrected chi connectivity index (χ0v) is 11.1. The molecule has 4 heteroatoms. The van der Waals surface area contributed by atoms with Gasteiger partial charge in [0.15, 0.2) is 23.1 Å². The van der Waals surface area contributed by atoms with Gasteiger partial charge in [0.25, 0.3) is 0 Å². The summed E-state index contributed by atoms with van der Waals surface area (Å²) < 4.78 is 4.99. The molecule has 1 N–H and O–H groups in total. The van der Waals surface area contributed by atoms with Gasteiger partial charge in [-0.05, 0) is 25.1 Å². The fraction of sp³-hybridized carbons (Fsp3) is 0.125. The minimum absolute atomic E-state index is 0.0192. The van der Waals surface area contributed by atoms with Gasteiger partial charge in [-0.2, -0.15) is 0 Å². The Morgan fingerprint density at radius 2 is 1.65 bits per heavy atom. The molecule has 4 nitrogen and oxygen atoms in total. The number of hydrogen-bond donors (Lipinski definition) is 1. The minimum atomic E-state index is -0.356. The van der Waals surface area contributed by atoms with Crippen molar-refractivity contribution in [2.45, 2.75) is 6.92 Å². The summed E-state index contributed by atoms with van der Waals surface area (Å²) in [6.07, 6.45) is 0. The fourth-order valence-electron chi connectivity index (χ4n) is 2.48. The van der Waals surface area contributed by atoms with Gasteiger partial charge in [-0.25, -0.2) is 0 Å². The van der Waals surface area contributed by atoms with E-state index in [1.54, 1.807) is 18.2 Å². The summed E-state index contributed by atoms with van der Waals surface area (Å²) in [5.41, 5.74) is 1.84. The third-order valence-electron chi connectivity index (χ3n) is 3.50. The maximum absolute atomic E-state index is 12.5. The van der Waals surface area contributed by atoms with Crippen LogP contribution in [0.25, 0.3) is 0 Å². The van der Waals surface area contributed by atoms with Crippen LogP contribution in [0.15, 0.2) is 30.3 Å². The van der Waals surface area contributed by atoms with E-state index >= 15 is 0 Å². The van der Waals surface area contributed by atoms with Gasteiger partial charge in [0, 0.05) is 16.7 Å². The predicted molar refractivity (Wildman–Crippen MR) is 72.7 cm³/mol. The fourth-order valence-corrected chi connectivity index (χ4v) is 2.48. The highest BCUT2D eigenvalue weighted by Crippen LogP contribution is 2.38. The van der Waals surface area contributed by atoms with E-state index in [1.165, 1.54) is 19.2 Å². The van der Waals surface area contributed by atoms with Crippen LogP contribution in [0.2, 0.25) is 0 Å². The van der Waals surface area contributed by atoms with Crippen molar-refractivity contribution in [3.8, 4) is 11.5 Å². The second kappa shape index (κ2) is 4.20. The number of aromatic hydroxyl groups is 1. The molecule has 0 bridgehead atoms. The number of rotatable bonds is 1. The topological polar surface area (TPSA) is 63.6 Å². The molecule has 2 aromatic carbocycles. The van der Waals surface area contributed by atoms with E-state index in [-0.39, 0.29) is 34.2 Å². The molecule has 0 fully saturated rings. The van der Waals surface area contributed by atoms with E-state index in [9.17, 15) is 14.7 Å². The van der Waals surface area contributed by atoms with Crippen LogP contribution in [-0.4, -0.2) is 23.8 Å². The smallest absolute Gasteiger partial charge is 0.198 e. The van der Waals surface area contributed by atoms with Crippen LogP contribution in [0.1, 0.15) is 37.4 Å². The first-order chi connectivity index (χ1) is 9.54. The zero-order valence-electron chi connectivity index (χ0n) is 11.1. The number of ketones is 2. The molecular weight excluding hydrogens is 256 g/mol. The standard InChI is InChI=1S/C16H12O4/c1-8-3-4-9-11(7-8)14(17)10-5-6-12(20-2)16(19)13(10)15(9)18/h3-7,19H,1-2H3. The third-order valence-corrected chi connectivity index (χ3v) is 3.50. The van der Waals surface area contributed by atoms with Gasteiger partial charge < -0.3 is 9.84 Å². The summed E-state index contributed by atoms with van der Waals surface area (Å²) in [5, 5.41) is 10.1. The van der Waals surface area contributed by atoms with Gasteiger partial charge in [0.1, 0.15) is 0 Å². The predicted octanol–water partition coefficient (Wildman–Crippen LogP) is 2.48. The van der Waals surface area contributed by atoms with Crippen molar-refractivity contribution in [1.29, 1.82) is 0 Å². The summed E-state index contributed by atoms with van der Waals surface area (Å²) in [5.74, 6) is -0.711. The molecule has 0 atom stereocenters. The number of carbonyl (C=O) groups excluding carboxylic acids is 2. The number of ether oxygens (including phenoxy) is 1. The van der Waals surface area contributed by atoms with Crippen LogP contribution in [0.4, 0.5) is 0 Å². The van der Waals surface area contributed by atoms with Crippen molar-refractivity contribution in [3.05, 3.63) is 58.1 Å². The first-order valence-electron chi connectivity index (χ1n) is 6.14. The maximum atomic E-state index is 12.5. The SMILES string of the molecule is COc1ccc2c(c1O)C(=O)c1ccc(C)cc1C2=O. The number of phenols is 1. The minimum Gasteiger partial charge on any atom is -0.504 e. The quantitative estimate of drug-likeness (QED) is 0.736. The van der Waals surface area contributed by atoms with Gasteiger partial charge in [0.2, 0.25) is 0 Å². The molecule has 0 amide bonds. The molecule has 1 aliphatic rings. The summed E-state index contributed by atoms with van der Waals surface area (Å²) >= 11 is 0. The van der Waals surface area contributed by atoms with Crippen LogP contribution < -0.4 is 4.74 Å². The van der Waals surface area contributed by atoms with Crippen LogP contribution in [-0.2, 0) is 0 Å². The average Bonchev–Trinajstić information content (AvgIpc) is 2.44. The van der Waals surface area contributed by atoms with E-state index in [2.05, 4.69) is 0 Å². The Labute approximate surface area is 115 Å². The molecule has 0 unspecified atom stereocenters. The van der Waals surface area contributed by atoms with Crippen molar-refractivity contribution >= 4 is 11.6 Å². The van der Waals surface area contributed by atoms with Gasteiger partial charge in [-0.15, -0.1) is 0 Å². The molecule has 100 valence electrons. The number of fused-ring (bicyclic) bond motifs is 2. The average molecular weight is 268 g/mol. The van der Waals surface area contributed by atoms with Crippen molar-refractivity contribution in [3.63, 3.8) is 0 Å². The highest BCUT2D eigenvalue weighted by atomic mass is 16.5. The Balaban J connectivity index is 2.32. The van der Waals surface area contributed by atoms with Crippen molar-refractivity contribution in [2.24, 2.45) is 0 Å². The van der Waals surface area contributed by atoms with Crippen LogP contribution in [0.5, 0.6) is 11.5 Å². The molecule has 0 saturated carbocycles. The van der Waals surface area contributed by atoms with E-state index in [0.717, 1.165) is 5.56 Å². The molecule has 0 spiro atoms. The van der Waals surface area contributed by atoms with Gasteiger partial charge >= 0.3 is 0 Å².